The third-order valence-corrected chi connectivity index (χ3v) is 2.81. The second kappa shape index (κ2) is 9.07. The monoisotopic (exact) mass is 322 g/mol. The molecule has 126 valence electrons. The maximum atomic E-state index is 12.1. The fourth-order valence-corrected chi connectivity index (χ4v) is 1.85. The van der Waals surface area contributed by atoms with E-state index in [1.54, 1.807) is 0 Å². The normalized spacial score (nSPS) is 12.6. The number of hydrogen-bond donors (Lipinski definition) is 5. The number of carbonyl (C=O) groups is 4. The summed E-state index contributed by atoms with van der Waals surface area (Å²) in [5.41, 5.74) is -2.15. The minimum absolute atomic E-state index is 0.439. The predicted octanol–water partition coefficient (Wildman–Crippen LogP) is -1.66. The highest BCUT2D eigenvalue weighted by Gasteiger charge is 2.44. The maximum Gasteiger partial charge on any atom is 0.304 e. The fourth-order valence-electron chi connectivity index (χ4n) is 1.85. The van der Waals surface area contributed by atoms with Gasteiger partial charge in [-0.1, -0.05) is 0 Å². The van der Waals surface area contributed by atoms with Crippen molar-refractivity contribution in [2.24, 2.45) is 5.41 Å². The van der Waals surface area contributed by atoms with Crippen molar-refractivity contribution in [3.05, 3.63) is 0 Å². The minimum atomic E-state index is -2.15. The molecule has 10 nitrogen and oxygen atoms in total. The zero-order chi connectivity index (χ0) is 17.3. The quantitative estimate of drug-likeness (QED) is 0.279. The number of Topliss-reactive ketones (excluding diaryl/α,β-unsaturated/α-hetero) is 1. The third kappa shape index (κ3) is 7.11. The Bertz CT molecular complexity index is 389. The Morgan fingerprint density at radius 3 is 1.64 bits per heavy atom. The van der Waals surface area contributed by atoms with Crippen molar-refractivity contribution in [2.75, 3.05) is 19.8 Å². The number of hydrogen-bond acceptors (Lipinski definition) is 7. The Labute approximate surface area is 124 Å². The van der Waals surface area contributed by atoms with Crippen LogP contribution in [0.5, 0.6) is 0 Å². The summed E-state index contributed by atoms with van der Waals surface area (Å²) in [5, 5.41) is 44.1. The van der Waals surface area contributed by atoms with Gasteiger partial charge in [0, 0.05) is 0 Å². The Hall–Kier alpha value is -2.04. The molecular weight excluding hydrogens is 304 g/mol. The smallest absolute Gasteiger partial charge is 0.304 e. The molecule has 0 aliphatic carbocycles. The molecule has 0 spiro atoms. The molecule has 0 heterocycles. The molecule has 0 aromatic rings. The molecule has 0 radical (unpaired) electrons. The standard InChI is InChI=1S/C12H18O10/c13-4-7(14)5-22-6-8(15)12(1-9(16)17,2-10(18)19)3-11(20)21/h7,13-14H,1-6H2,(H,16,17)(H,18,19)(H,20,21). The molecule has 22 heavy (non-hydrogen) atoms. The van der Waals surface area contributed by atoms with E-state index in [0.29, 0.717) is 0 Å². The highest BCUT2D eigenvalue weighted by Crippen LogP contribution is 2.33. The summed E-state index contributed by atoms with van der Waals surface area (Å²) in [4.78, 5) is 44.7. The van der Waals surface area contributed by atoms with Crippen molar-refractivity contribution in [3.8, 4) is 0 Å². The lowest BCUT2D eigenvalue weighted by Crippen LogP contribution is -2.40. The molecule has 0 aromatic carbocycles. The van der Waals surface area contributed by atoms with Gasteiger partial charge in [0.1, 0.15) is 12.7 Å². The molecule has 0 aliphatic rings. The van der Waals surface area contributed by atoms with Crippen LogP contribution in [0.2, 0.25) is 0 Å². The number of aliphatic hydroxyl groups excluding tert-OH is 2. The van der Waals surface area contributed by atoms with Crippen LogP contribution < -0.4 is 0 Å². The maximum absolute atomic E-state index is 12.1. The van der Waals surface area contributed by atoms with Gasteiger partial charge in [-0.25, -0.2) is 0 Å². The van der Waals surface area contributed by atoms with Crippen LogP contribution in [0.15, 0.2) is 0 Å². The van der Waals surface area contributed by atoms with Crippen LogP contribution in [0.25, 0.3) is 0 Å². The summed E-state index contributed by atoms with van der Waals surface area (Å²) in [7, 11) is 0. The van der Waals surface area contributed by atoms with E-state index in [9.17, 15) is 19.2 Å². The minimum Gasteiger partial charge on any atom is -0.481 e. The summed E-state index contributed by atoms with van der Waals surface area (Å²) in [6, 6.07) is 0. The number of ketones is 1. The van der Waals surface area contributed by atoms with Crippen molar-refractivity contribution in [3.63, 3.8) is 0 Å². The molecule has 1 atom stereocenters. The first kappa shape index (κ1) is 20.0. The number of carboxylic acids is 3. The van der Waals surface area contributed by atoms with E-state index in [0.717, 1.165) is 0 Å². The van der Waals surface area contributed by atoms with Gasteiger partial charge in [0.15, 0.2) is 5.78 Å². The van der Waals surface area contributed by atoms with Gasteiger partial charge in [0.25, 0.3) is 0 Å². The Kier molecular flexibility index (Phi) is 8.23. The summed E-state index contributed by atoms with van der Waals surface area (Å²) in [5.74, 6) is -5.58. The number of aliphatic hydroxyl groups is 2. The molecule has 0 saturated carbocycles. The first-order chi connectivity index (χ1) is 10.1. The second-order valence-corrected chi connectivity index (χ2v) is 4.77. The predicted molar refractivity (Wildman–Crippen MR) is 68.1 cm³/mol. The summed E-state index contributed by atoms with van der Waals surface area (Å²) in [6.45, 7) is -1.84. The van der Waals surface area contributed by atoms with E-state index < -0.39 is 74.3 Å². The first-order valence-electron chi connectivity index (χ1n) is 6.18. The molecule has 0 aromatic heterocycles. The summed E-state index contributed by atoms with van der Waals surface area (Å²) >= 11 is 0. The van der Waals surface area contributed by atoms with E-state index >= 15 is 0 Å². The van der Waals surface area contributed by atoms with Crippen LogP contribution in [0.4, 0.5) is 0 Å². The van der Waals surface area contributed by atoms with Crippen molar-refractivity contribution in [1.29, 1.82) is 0 Å². The topological polar surface area (TPSA) is 179 Å². The van der Waals surface area contributed by atoms with Gasteiger partial charge in [-0.3, -0.25) is 19.2 Å². The largest absolute Gasteiger partial charge is 0.481 e. The number of carbonyl (C=O) groups excluding carboxylic acids is 1. The first-order valence-corrected chi connectivity index (χ1v) is 6.18. The van der Waals surface area contributed by atoms with Crippen LogP contribution in [-0.4, -0.2) is 75.1 Å². The van der Waals surface area contributed by atoms with Crippen molar-refractivity contribution in [2.45, 2.75) is 25.4 Å². The van der Waals surface area contributed by atoms with Gasteiger partial charge in [-0.2, -0.15) is 0 Å². The number of ether oxygens (including phenoxy) is 1. The van der Waals surface area contributed by atoms with Crippen LogP contribution in [0.3, 0.4) is 0 Å². The van der Waals surface area contributed by atoms with E-state index in [-0.39, 0.29) is 0 Å². The summed E-state index contributed by atoms with van der Waals surface area (Å²) in [6.07, 6.45) is -4.19. The SMILES string of the molecule is O=C(O)CC(CC(=O)O)(CC(=O)O)C(=O)COCC(O)CO. The molecule has 10 heteroatoms. The van der Waals surface area contributed by atoms with Crippen molar-refractivity contribution < 1.29 is 49.4 Å². The second-order valence-electron chi connectivity index (χ2n) is 4.77. The zero-order valence-electron chi connectivity index (χ0n) is 11.6. The van der Waals surface area contributed by atoms with Gasteiger partial charge in [0.2, 0.25) is 0 Å². The fraction of sp³-hybridized carbons (Fsp3) is 0.667. The molecule has 0 bridgehead atoms. The molecule has 0 saturated heterocycles. The van der Waals surface area contributed by atoms with Crippen LogP contribution in [0.1, 0.15) is 19.3 Å². The van der Waals surface area contributed by atoms with Gasteiger partial charge in [0.05, 0.1) is 37.9 Å². The van der Waals surface area contributed by atoms with Gasteiger partial charge < -0.3 is 30.3 Å². The molecule has 0 aliphatic heterocycles. The van der Waals surface area contributed by atoms with E-state index in [4.69, 9.17) is 30.3 Å². The molecule has 0 fully saturated rings. The van der Waals surface area contributed by atoms with Crippen molar-refractivity contribution in [1.82, 2.24) is 0 Å². The highest BCUT2D eigenvalue weighted by atomic mass is 16.5. The van der Waals surface area contributed by atoms with E-state index in [2.05, 4.69) is 0 Å². The lowest BCUT2D eigenvalue weighted by Gasteiger charge is -2.27. The number of rotatable bonds is 12. The van der Waals surface area contributed by atoms with Gasteiger partial charge in [-0.05, 0) is 0 Å². The lowest BCUT2D eigenvalue weighted by molar-refractivity contribution is -0.156. The Morgan fingerprint density at radius 1 is 0.909 bits per heavy atom. The average Bonchev–Trinajstić information content (AvgIpc) is 2.35. The Morgan fingerprint density at radius 2 is 1.32 bits per heavy atom. The van der Waals surface area contributed by atoms with Crippen LogP contribution in [-0.2, 0) is 23.9 Å². The highest BCUT2D eigenvalue weighted by molar-refractivity contribution is 5.95. The molecule has 1 unspecified atom stereocenters. The van der Waals surface area contributed by atoms with E-state index in [1.165, 1.54) is 0 Å². The van der Waals surface area contributed by atoms with Gasteiger partial charge in [-0.15, -0.1) is 0 Å². The lowest BCUT2D eigenvalue weighted by atomic mass is 9.74. The van der Waals surface area contributed by atoms with Crippen molar-refractivity contribution >= 4 is 23.7 Å². The average molecular weight is 322 g/mol. The summed E-state index contributed by atoms with van der Waals surface area (Å²) < 4.78 is 4.76. The van der Waals surface area contributed by atoms with Crippen LogP contribution in [0, 0.1) is 5.41 Å². The molecule has 0 amide bonds. The van der Waals surface area contributed by atoms with E-state index in [1.807, 2.05) is 0 Å². The van der Waals surface area contributed by atoms with Gasteiger partial charge >= 0.3 is 17.9 Å². The zero-order valence-corrected chi connectivity index (χ0v) is 11.6. The third-order valence-electron chi connectivity index (χ3n) is 2.81. The van der Waals surface area contributed by atoms with Crippen LogP contribution >= 0.6 is 0 Å². The number of carboxylic acid groups (broad SMARTS) is 3. The molecular formula is C12H18O10. The molecule has 5 N–H and O–H groups in total. The Balaban J connectivity index is 5.14. The number of aliphatic carboxylic acids is 3. The molecule has 0 rings (SSSR count).